The number of halogens is 2. The minimum absolute atomic E-state index is 0.0854. The lowest BCUT2D eigenvalue weighted by molar-refractivity contribution is -0.138. The third-order valence-corrected chi connectivity index (χ3v) is 5.87. The summed E-state index contributed by atoms with van der Waals surface area (Å²) in [5.74, 6) is -0.382. The zero-order valence-corrected chi connectivity index (χ0v) is 20.9. The Morgan fingerprint density at radius 2 is 1.91 bits per heavy atom. The highest BCUT2D eigenvalue weighted by molar-refractivity contribution is 6.37. The van der Waals surface area contributed by atoms with Crippen molar-refractivity contribution in [3.05, 3.63) is 76.1 Å². The number of hydrogen-bond donors (Lipinski definition) is 0. The third kappa shape index (κ3) is 6.39. The molecule has 6 nitrogen and oxygen atoms in total. The van der Waals surface area contributed by atoms with Crippen molar-refractivity contribution in [2.24, 2.45) is 0 Å². The van der Waals surface area contributed by atoms with Crippen LogP contribution in [0, 0.1) is 0 Å². The predicted octanol–water partition coefficient (Wildman–Crippen LogP) is 6.31. The van der Waals surface area contributed by atoms with Gasteiger partial charge in [0.25, 0.3) is 5.91 Å². The minimum atomic E-state index is -0.490. The summed E-state index contributed by atoms with van der Waals surface area (Å²) in [5, 5.41) is 0.646. The Bertz CT molecular complexity index is 1080. The first kappa shape index (κ1) is 25.8. The zero-order chi connectivity index (χ0) is 24.7. The van der Waals surface area contributed by atoms with E-state index in [-0.39, 0.29) is 25.2 Å². The average Bonchev–Trinajstić information content (AvgIpc) is 2.83. The molecule has 3 rings (SSSR count). The molecule has 0 saturated heterocycles. The van der Waals surface area contributed by atoms with Gasteiger partial charge >= 0.3 is 5.97 Å². The molecule has 0 bridgehead atoms. The van der Waals surface area contributed by atoms with E-state index >= 15 is 0 Å². The Labute approximate surface area is 210 Å². The quantitative estimate of drug-likeness (QED) is 0.296. The van der Waals surface area contributed by atoms with Crippen LogP contribution in [0.3, 0.4) is 0 Å². The van der Waals surface area contributed by atoms with Crippen molar-refractivity contribution in [2.75, 3.05) is 11.5 Å². The number of amides is 1. The van der Waals surface area contributed by atoms with E-state index < -0.39 is 5.97 Å². The van der Waals surface area contributed by atoms with E-state index in [0.717, 1.165) is 18.4 Å². The number of esters is 1. The molecule has 2 aromatic rings. The fraction of sp³-hybridized carbons (Fsp3) is 0.346. The lowest BCUT2D eigenvalue weighted by atomic mass is 9.90. The van der Waals surface area contributed by atoms with E-state index in [1.54, 1.807) is 35.5 Å². The molecule has 1 aliphatic carbocycles. The molecule has 0 spiro atoms. The van der Waals surface area contributed by atoms with Crippen LogP contribution in [0.2, 0.25) is 10.0 Å². The Kier molecular flexibility index (Phi) is 9.13. The number of pyridine rings is 1. The van der Waals surface area contributed by atoms with Gasteiger partial charge in [0.05, 0.1) is 28.4 Å². The van der Waals surface area contributed by atoms with E-state index in [2.05, 4.69) is 11.6 Å². The van der Waals surface area contributed by atoms with Crippen molar-refractivity contribution in [3.8, 4) is 5.75 Å². The Morgan fingerprint density at radius 3 is 2.56 bits per heavy atom. The highest BCUT2D eigenvalue weighted by Crippen LogP contribution is 2.39. The molecule has 0 atom stereocenters. The van der Waals surface area contributed by atoms with Crippen LogP contribution in [0.5, 0.6) is 5.75 Å². The Hall–Kier alpha value is -2.83. The van der Waals surface area contributed by atoms with Crippen LogP contribution in [0.25, 0.3) is 0 Å². The molecule has 34 heavy (non-hydrogen) atoms. The summed E-state index contributed by atoms with van der Waals surface area (Å²) >= 11 is 12.9. The summed E-state index contributed by atoms with van der Waals surface area (Å²) in [6, 6.07) is 6.90. The first-order valence-corrected chi connectivity index (χ1v) is 11.9. The number of ether oxygens (including phenoxy) is 2. The summed E-state index contributed by atoms with van der Waals surface area (Å²) < 4.78 is 11.1. The van der Waals surface area contributed by atoms with Gasteiger partial charge in [0.1, 0.15) is 12.4 Å². The molecule has 0 saturated carbocycles. The van der Waals surface area contributed by atoms with Crippen molar-refractivity contribution >= 4 is 40.8 Å². The van der Waals surface area contributed by atoms with Crippen LogP contribution in [0.15, 0.2) is 60.5 Å². The Balaban J connectivity index is 2.09. The fourth-order valence-corrected chi connectivity index (χ4v) is 4.29. The molecule has 1 amide bonds. The number of nitrogens with zero attached hydrogens (tertiary/aromatic N) is 2. The lowest BCUT2D eigenvalue weighted by Gasteiger charge is -2.28. The van der Waals surface area contributed by atoms with Crippen LogP contribution >= 0.6 is 23.2 Å². The van der Waals surface area contributed by atoms with E-state index in [1.165, 1.54) is 6.08 Å². The Morgan fingerprint density at radius 1 is 1.18 bits per heavy atom. The number of benzene rings is 1. The minimum Gasteiger partial charge on any atom is -0.489 e. The van der Waals surface area contributed by atoms with Gasteiger partial charge in [-0.1, -0.05) is 41.9 Å². The number of hydrogen-bond acceptors (Lipinski definition) is 5. The molecule has 0 unspecified atom stereocenters. The van der Waals surface area contributed by atoms with E-state index in [4.69, 9.17) is 32.7 Å². The van der Waals surface area contributed by atoms with E-state index in [0.29, 0.717) is 45.5 Å². The molecule has 1 aromatic carbocycles. The molecule has 0 radical (unpaired) electrons. The second kappa shape index (κ2) is 12.0. The molecule has 8 heteroatoms. The highest BCUT2D eigenvalue weighted by atomic mass is 35.5. The lowest BCUT2D eigenvalue weighted by Crippen LogP contribution is -2.34. The van der Waals surface area contributed by atoms with Gasteiger partial charge in [0.15, 0.2) is 0 Å². The van der Waals surface area contributed by atoms with Crippen molar-refractivity contribution in [1.29, 1.82) is 0 Å². The van der Waals surface area contributed by atoms with Gasteiger partial charge in [-0.25, -0.2) is 4.79 Å². The first-order valence-electron chi connectivity index (χ1n) is 11.2. The number of rotatable bonds is 9. The maximum absolute atomic E-state index is 13.9. The van der Waals surface area contributed by atoms with Crippen LogP contribution in [-0.4, -0.2) is 29.6 Å². The van der Waals surface area contributed by atoms with Crippen LogP contribution < -0.4 is 9.64 Å². The SMILES string of the molecule is C=CCOC(=O)C1=C(C(=O)N(Cc2cccnc2)c2cc(OC(C)C)c(Cl)cc2Cl)CCCC1. The molecule has 1 aromatic heterocycles. The van der Waals surface area contributed by atoms with Crippen LogP contribution in [-0.2, 0) is 20.9 Å². The summed E-state index contributed by atoms with van der Waals surface area (Å²) in [6.07, 6.45) is 7.29. The summed E-state index contributed by atoms with van der Waals surface area (Å²) in [6.45, 7) is 7.64. The standard InChI is InChI=1S/C26H28Cl2N2O4/c1-4-12-33-26(32)20-10-6-5-9-19(20)25(31)30(16-18-8-7-11-29-15-18)23-14-24(34-17(2)3)22(28)13-21(23)27/h4,7-8,11,13-15,17H,1,5-6,9-10,12,16H2,2-3H3. The van der Waals surface area contributed by atoms with Crippen LogP contribution in [0.4, 0.5) is 5.69 Å². The number of aromatic nitrogens is 1. The molecule has 0 fully saturated rings. The zero-order valence-electron chi connectivity index (χ0n) is 19.4. The first-order chi connectivity index (χ1) is 16.3. The van der Waals surface area contributed by atoms with E-state index in [9.17, 15) is 9.59 Å². The van der Waals surface area contributed by atoms with Crippen molar-refractivity contribution in [2.45, 2.75) is 52.2 Å². The molecular weight excluding hydrogens is 475 g/mol. The van der Waals surface area contributed by atoms with Gasteiger partial charge in [-0.15, -0.1) is 0 Å². The number of anilines is 1. The maximum Gasteiger partial charge on any atom is 0.334 e. The van der Waals surface area contributed by atoms with Crippen LogP contribution in [0.1, 0.15) is 45.1 Å². The molecule has 1 heterocycles. The predicted molar refractivity (Wildman–Crippen MR) is 134 cm³/mol. The maximum atomic E-state index is 13.9. The summed E-state index contributed by atoms with van der Waals surface area (Å²) in [7, 11) is 0. The van der Waals surface area contributed by atoms with Crippen molar-refractivity contribution in [1.82, 2.24) is 4.98 Å². The highest BCUT2D eigenvalue weighted by Gasteiger charge is 2.30. The second-order valence-corrected chi connectivity index (χ2v) is 9.02. The number of carbonyl (C=O) groups is 2. The van der Waals surface area contributed by atoms with Gasteiger partial charge in [-0.05, 0) is 57.2 Å². The topological polar surface area (TPSA) is 68.7 Å². The van der Waals surface area contributed by atoms with Crippen molar-refractivity contribution in [3.63, 3.8) is 0 Å². The molecule has 180 valence electrons. The average molecular weight is 503 g/mol. The molecule has 0 aliphatic heterocycles. The molecule has 1 aliphatic rings. The van der Waals surface area contributed by atoms with Gasteiger partial charge in [0, 0.05) is 29.6 Å². The van der Waals surface area contributed by atoms with Gasteiger partial charge in [-0.3, -0.25) is 9.78 Å². The smallest absolute Gasteiger partial charge is 0.334 e. The summed E-state index contributed by atoms with van der Waals surface area (Å²) in [4.78, 5) is 32.4. The molecule has 0 N–H and O–H groups in total. The monoisotopic (exact) mass is 502 g/mol. The normalized spacial score (nSPS) is 13.6. The van der Waals surface area contributed by atoms with Crippen molar-refractivity contribution < 1.29 is 19.1 Å². The van der Waals surface area contributed by atoms with Gasteiger partial charge in [0.2, 0.25) is 0 Å². The van der Waals surface area contributed by atoms with Gasteiger partial charge < -0.3 is 14.4 Å². The fourth-order valence-electron chi connectivity index (χ4n) is 3.76. The largest absolute Gasteiger partial charge is 0.489 e. The summed E-state index contributed by atoms with van der Waals surface area (Å²) in [5.41, 5.74) is 2.08. The van der Waals surface area contributed by atoms with E-state index in [1.807, 2.05) is 19.9 Å². The molecular formula is C26H28Cl2N2O4. The third-order valence-electron chi connectivity index (χ3n) is 5.27. The number of carbonyl (C=O) groups excluding carboxylic acids is 2. The van der Waals surface area contributed by atoms with Gasteiger partial charge in [-0.2, -0.15) is 0 Å². The second-order valence-electron chi connectivity index (χ2n) is 8.20.